The number of alkyl halides is 3. The van der Waals surface area contributed by atoms with E-state index in [2.05, 4.69) is 16.9 Å². The monoisotopic (exact) mass is 398 g/mol. The Morgan fingerprint density at radius 3 is 2.00 bits per heavy atom. The SMILES string of the molecule is CCCCCO[C@H]1CC[C@H]([C@H]2CC[C@H](c3cnc(C(F)(F)F)nc3)CC2)CC1. The van der Waals surface area contributed by atoms with Crippen LogP contribution in [-0.2, 0) is 10.9 Å². The van der Waals surface area contributed by atoms with E-state index in [-0.39, 0.29) is 0 Å². The smallest absolute Gasteiger partial charge is 0.378 e. The number of unbranched alkanes of at least 4 members (excludes halogenated alkanes) is 2. The molecule has 3 rings (SSSR count). The van der Waals surface area contributed by atoms with E-state index in [9.17, 15) is 13.2 Å². The van der Waals surface area contributed by atoms with Crippen LogP contribution in [0, 0.1) is 11.8 Å². The fourth-order valence-corrected chi connectivity index (χ4v) is 4.95. The molecule has 2 aliphatic rings. The van der Waals surface area contributed by atoms with Crippen LogP contribution in [0.3, 0.4) is 0 Å². The van der Waals surface area contributed by atoms with Gasteiger partial charge in [-0.15, -0.1) is 0 Å². The van der Waals surface area contributed by atoms with Crippen molar-refractivity contribution >= 4 is 0 Å². The molecular formula is C22H33F3N2O. The number of hydrogen-bond donors (Lipinski definition) is 0. The van der Waals surface area contributed by atoms with Gasteiger partial charge >= 0.3 is 6.18 Å². The molecule has 28 heavy (non-hydrogen) atoms. The third kappa shape index (κ3) is 5.91. The highest BCUT2D eigenvalue weighted by Crippen LogP contribution is 2.43. The van der Waals surface area contributed by atoms with Crippen LogP contribution in [0.5, 0.6) is 0 Å². The third-order valence-electron chi connectivity index (χ3n) is 6.66. The van der Waals surface area contributed by atoms with Gasteiger partial charge in [-0.3, -0.25) is 0 Å². The van der Waals surface area contributed by atoms with Gasteiger partial charge in [-0.05, 0) is 81.1 Å². The van der Waals surface area contributed by atoms with E-state index in [1.165, 1.54) is 70.2 Å². The molecule has 2 fully saturated rings. The van der Waals surface area contributed by atoms with Crippen LogP contribution in [-0.4, -0.2) is 22.7 Å². The maximum atomic E-state index is 12.6. The number of nitrogens with zero attached hydrogens (tertiary/aromatic N) is 2. The highest BCUT2D eigenvalue weighted by Gasteiger charge is 2.35. The van der Waals surface area contributed by atoms with Crippen molar-refractivity contribution in [2.75, 3.05) is 6.61 Å². The highest BCUT2D eigenvalue weighted by molar-refractivity contribution is 5.13. The van der Waals surface area contributed by atoms with Crippen LogP contribution in [0.25, 0.3) is 0 Å². The van der Waals surface area contributed by atoms with Crippen LogP contribution in [0.1, 0.15) is 94.9 Å². The van der Waals surface area contributed by atoms with E-state index in [4.69, 9.17) is 4.74 Å². The second kappa shape index (κ2) is 10.0. The maximum Gasteiger partial charge on any atom is 0.451 e. The summed E-state index contributed by atoms with van der Waals surface area (Å²) in [5.41, 5.74) is 0.857. The van der Waals surface area contributed by atoms with Crippen LogP contribution in [0.15, 0.2) is 12.4 Å². The third-order valence-corrected chi connectivity index (χ3v) is 6.66. The van der Waals surface area contributed by atoms with Crippen molar-refractivity contribution in [2.24, 2.45) is 11.8 Å². The molecular weight excluding hydrogens is 365 g/mol. The second-order valence-electron chi connectivity index (χ2n) is 8.56. The summed E-state index contributed by atoms with van der Waals surface area (Å²) in [6.45, 7) is 3.12. The Hall–Kier alpha value is -1.17. The minimum Gasteiger partial charge on any atom is -0.378 e. The molecule has 1 aromatic heterocycles. The molecule has 158 valence electrons. The quantitative estimate of drug-likeness (QED) is 0.490. The van der Waals surface area contributed by atoms with Gasteiger partial charge in [0, 0.05) is 19.0 Å². The Kier molecular flexibility index (Phi) is 7.72. The van der Waals surface area contributed by atoms with Crippen molar-refractivity contribution in [3.05, 3.63) is 23.8 Å². The van der Waals surface area contributed by atoms with Crippen molar-refractivity contribution < 1.29 is 17.9 Å². The molecule has 2 saturated carbocycles. The predicted molar refractivity (Wildman–Crippen MR) is 103 cm³/mol. The predicted octanol–water partition coefficient (Wildman–Crippen LogP) is 6.53. The second-order valence-corrected chi connectivity index (χ2v) is 8.56. The fraction of sp³-hybridized carbons (Fsp3) is 0.818. The lowest BCUT2D eigenvalue weighted by atomic mass is 9.70. The Balaban J connectivity index is 1.40. The molecule has 0 amide bonds. The first-order valence-corrected chi connectivity index (χ1v) is 11.0. The molecule has 0 saturated heterocycles. The first-order valence-electron chi connectivity index (χ1n) is 11.0. The zero-order chi connectivity index (χ0) is 20.0. The average molecular weight is 399 g/mol. The summed E-state index contributed by atoms with van der Waals surface area (Å²) in [6.07, 6.45) is 11.7. The van der Waals surface area contributed by atoms with E-state index in [1.807, 2.05) is 0 Å². The summed E-state index contributed by atoms with van der Waals surface area (Å²) < 4.78 is 43.9. The molecule has 0 spiro atoms. The lowest BCUT2D eigenvalue weighted by Gasteiger charge is -2.37. The van der Waals surface area contributed by atoms with E-state index in [1.54, 1.807) is 0 Å². The average Bonchev–Trinajstić information content (AvgIpc) is 2.71. The van der Waals surface area contributed by atoms with Gasteiger partial charge in [0.05, 0.1) is 6.10 Å². The number of ether oxygens (including phenoxy) is 1. The first kappa shape index (κ1) is 21.5. The van der Waals surface area contributed by atoms with Crippen molar-refractivity contribution in [2.45, 2.75) is 95.8 Å². The summed E-state index contributed by atoms with van der Waals surface area (Å²) in [5.74, 6) is 0.809. The van der Waals surface area contributed by atoms with Gasteiger partial charge in [-0.2, -0.15) is 13.2 Å². The van der Waals surface area contributed by atoms with Gasteiger partial charge in [-0.1, -0.05) is 19.8 Å². The molecule has 0 N–H and O–H groups in total. The summed E-state index contributed by atoms with van der Waals surface area (Å²) >= 11 is 0. The highest BCUT2D eigenvalue weighted by atomic mass is 19.4. The van der Waals surface area contributed by atoms with Crippen LogP contribution in [0.2, 0.25) is 0 Å². The zero-order valence-electron chi connectivity index (χ0n) is 16.9. The van der Waals surface area contributed by atoms with Crippen molar-refractivity contribution in [3.8, 4) is 0 Å². The van der Waals surface area contributed by atoms with E-state index in [0.717, 1.165) is 36.8 Å². The molecule has 0 aromatic carbocycles. The number of rotatable bonds is 7. The first-order chi connectivity index (χ1) is 13.5. The number of hydrogen-bond acceptors (Lipinski definition) is 3. The molecule has 6 heteroatoms. The van der Waals surface area contributed by atoms with E-state index >= 15 is 0 Å². The molecule has 2 aliphatic carbocycles. The van der Waals surface area contributed by atoms with Crippen molar-refractivity contribution in [1.82, 2.24) is 9.97 Å². The summed E-state index contributed by atoms with van der Waals surface area (Å²) in [7, 11) is 0. The Bertz CT molecular complexity index is 574. The molecule has 0 radical (unpaired) electrons. The normalized spacial score (nSPS) is 29.0. The van der Waals surface area contributed by atoms with Gasteiger partial charge in [-0.25, -0.2) is 9.97 Å². The van der Waals surface area contributed by atoms with Gasteiger partial charge in [0.15, 0.2) is 0 Å². The summed E-state index contributed by atoms with van der Waals surface area (Å²) in [6, 6.07) is 0. The zero-order valence-corrected chi connectivity index (χ0v) is 16.9. The molecule has 1 aromatic rings. The van der Waals surface area contributed by atoms with E-state index in [0.29, 0.717) is 12.0 Å². The van der Waals surface area contributed by atoms with E-state index < -0.39 is 12.0 Å². The Morgan fingerprint density at radius 1 is 0.893 bits per heavy atom. The van der Waals surface area contributed by atoms with Crippen molar-refractivity contribution in [1.29, 1.82) is 0 Å². The molecule has 1 heterocycles. The maximum absolute atomic E-state index is 12.6. The van der Waals surface area contributed by atoms with Gasteiger partial charge in [0.2, 0.25) is 5.82 Å². The van der Waals surface area contributed by atoms with Gasteiger partial charge < -0.3 is 4.74 Å². The van der Waals surface area contributed by atoms with Crippen LogP contribution < -0.4 is 0 Å². The Labute approximate surface area is 166 Å². The molecule has 0 atom stereocenters. The minimum absolute atomic E-state index is 0.303. The summed E-state index contributed by atoms with van der Waals surface area (Å²) in [4.78, 5) is 7.06. The topological polar surface area (TPSA) is 35.0 Å². The molecule has 3 nitrogen and oxygen atoms in total. The molecule has 0 aliphatic heterocycles. The Morgan fingerprint density at radius 2 is 1.46 bits per heavy atom. The summed E-state index contributed by atoms with van der Waals surface area (Å²) in [5, 5.41) is 0. The van der Waals surface area contributed by atoms with Crippen molar-refractivity contribution in [3.63, 3.8) is 0 Å². The molecule has 0 bridgehead atoms. The largest absolute Gasteiger partial charge is 0.451 e. The van der Waals surface area contributed by atoms with Gasteiger partial charge in [0.1, 0.15) is 0 Å². The standard InChI is InChI=1S/C22H33F3N2O/c1-2-3-4-13-28-20-11-9-17(10-12-20)16-5-7-18(8-6-16)19-14-26-21(27-15-19)22(23,24)25/h14-18,20H,2-13H2,1H3/t16-,17-,18-,20-. The number of aromatic nitrogens is 2. The van der Waals surface area contributed by atoms with Crippen LogP contribution in [0.4, 0.5) is 13.2 Å². The van der Waals surface area contributed by atoms with Crippen LogP contribution >= 0.6 is 0 Å². The number of halogens is 3. The fourth-order valence-electron chi connectivity index (χ4n) is 4.95. The lowest BCUT2D eigenvalue weighted by Crippen LogP contribution is -2.28. The van der Waals surface area contributed by atoms with Gasteiger partial charge in [0.25, 0.3) is 0 Å². The molecule has 0 unspecified atom stereocenters. The minimum atomic E-state index is -4.46. The lowest BCUT2D eigenvalue weighted by molar-refractivity contribution is -0.145.